The Bertz CT molecular complexity index is 942. The molecule has 0 radical (unpaired) electrons. The number of nitrogens with two attached hydrogens (primary N) is 3. The second-order valence-electron chi connectivity index (χ2n) is 7.23. The van der Waals surface area contributed by atoms with E-state index in [1.165, 1.54) is 18.2 Å². The molecule has 8 N–H and O–H groups in total. The number of nitrogen functional groups attached to an aromatic ring is 1. The van der Waals surface area contributed by atoms with Crippen molar-refractivity contribution < 1.29 is 8.78 Å². The van der Waals surface area contributed by atoms with Crippen LogP contribution in [0.3, 0.4) is 0 Å². The number of hydrogen-bond acceptors (Lipinski definition) is 4. The van der Waals surface area contributed by atoms with Gasteiger partial charge in [-0.15, -0.1) is 0 Å². The molecule has 8 nitrogen and oxygen atoms in total. The van der Waals surface area contributed by atoms with Crippen molar-refractivity contribution in [2.75, 3.05) is 13.1 Å². The Morgan fingerprint density at radius 2 is 2.03 bits per heavy atom. The molecule has 1 saturated heterocycles. The Labute approximate surface area is 173 Å². The number of piperidine rings is 1. The second-order valence-corrected chi connectivity index (χ2v) is 7.23. The summed E-state index contributed by atoms with van der Waals surface area (Å²) in [5.41, 5.74) is 18.7. The molecule has 1 aromatic heterocycles. The molecule has 1 aliphatic heterocycles. The third kappa shape index (κ3) is 5.28. The number of amidine groups is 2. The summed E-state index contributed by atoms with van der Waals surface area (Å²) < 4.78 is 26.5. The summed E-state index contributed by atoms with van der Waals surface area (Å²) in [7, 11) is 0. The first kappa shape index (κ1) is 21.6. The van der Waals surface area contributed by atoms with E-state index in [0.717, 1.165) is 37.8 Å². The van der Waals surface area contributed by atoms with Gasteiger partial charge in [0.05, 0.1) is 17.7 Å². The largest absolute Gasteiger partial charge is 0.390 e. The van der Waals surface area contributed by atoms with Crippen molar-refractivity contribution in [1.29, 1.82) is 5.41 Å². The summed E-state index contributed by atoms with van der Waals surface area (Å²) in [5, 5.41) is 7.58. The molecule has 160 valence electrons. The van der Waals surface area contributed by atoms with Gasteiger partial charge in [0.25, 0.3) is 6.43 Å². The molecule has 3 rings (SSSR count). The number of alkyl halides is 2. The third-order valence-electron chi connectivity index (χ3n) is 5.02. The van der Waals surface area contributed by atoms with Crippen molar-refractivity contribution in [2.24, 2.45) is 27.2 Å². The van der Waals surface area contributed by atoms with Gasteiger partial charge < -0.3 is 22.2 Å². The Morgan fingerprint density at radius 1 is 1.30 bits per heavy atom. The lowest BCUT2D eigenvalue weighted by molar-refractivity contribution is 0.151. The van der Waals surface area contributed by atoms with Crippen molar-refractivity contribution in [3.8, 4) is 0 Å². The van der Waals surface area contributed by atoms with Crippen LogP contribution < -0.4 is 17.2 Å². The molecule has 1 aliphatic rings. The number of aliphatic imine (C=N–C) groups is 2. The first-order chi connectivity index (χ1) is 14.4. The number of benzene rings is 1. The normalized spacial score (nSPS) is 16.6. The minimum Gasteiger partial charge on any atom is -0.390 e. The van der Waals surface area contributed by atoms with Crippen LogP contribution in [-0.4, -0.2) is 47.0 Å². The van der Waals surface area contributed by atoms with Gasteiger partial charge in [-0.1, -0.05) is 0 Å². The molecule has 30 heavy (non-hydrogen) atoms. The fraction of sp³-hybridized carbons (Fsp3) is 0.350. The predicted octanol–water partition coefficient (Wildman–Crippen LogP) is 2.22. The predicted molar refractivity (Wildman–Crippen MR) is 115 cm³/mol. The van der Waals surface area contributed by atoms with E-state index in [9.17, 15) is 8.78 Å². The summed E-state index contributed by atoms with van der Waals surface area (Å²) in [6, 6.07) is 6.07. The Morgan fingerprint density at radius 3 is 2.67 bits per heavy atom. The number of aromatic nitrogens is 1. The van der Waals surface area contributed by atoms with Gasteiger partial charge in [0.1, 0.15) is 5.84 Å². The molecule has 0 unspecified atom stereocenters. The maximum atomic E-state index is 13.3. The van der Waals surface area contributed by atoms with Gasteiger partial charge in [-0.25, -0.2) is 18.8 Å². The van der Waals surface area contributed by atoms with Gasteiger partial charge in [-0.05, 0) is 55.8 Å². The van der Waals surface area contributed by atoms with Crippen LogP contribution in [0.5, 0.6) is 0 Å². The number of nitrogens with zero attached hydrogens (tertiary/aromatic N) is 3. The van der Waals surface area contributed by atoms with E-state index in [2.05, 4.69) is 19.9 Å². The molecule has 0 bridgehead atoms. The Hall–Kier alpha value is -3.11. The van der Waals surface area contributed by atoms with Crippen molar-refractivity contribution in [3.63, 3.8) is 0 Å². The summed E-state index contributed by atoms with van der Waals surface area (Å²) >= 11 is 0. The zero-order chi connectivity index (χ0) is 21.7. The van der Waals surface area contributed by atoms with Crippen LogP contribution in [-0.2, 0) is 6.54 Å². The van der Waals surface area contributed by atoms with E-state index in [4.69, 9.17) is 22.6 Å². The molecule has 2 aromatic rings. The lowest BCUT2D eigenvalue weighted by Crippen LogP contribution is -2.39. The van der Waals surface area contributed by atoms with Crippen molar-refractivity contribution in [1.82, 2.24) is 9.88 Å². The fourth-order valence-electron chi connectivity index (χ4n) is 3.42. The van der Waals surface area contributed by atoms with Crippen LogP contribution in [0.25, 0.3) is 0 Å². The standard InChI is InChI=1S/C20H26F2N8/c21-18(22)13-7-14(19(25)26)9-16(8-13)29-20(28-11-23)17-12(1-4-27-17)10-30-5-2-15(24)3-6-30/h1,4,7-9,11,15,18,27H,2-3,5-6,10,24H2,(H3,25,26)(H2,23,28,29). The summed E-state index contributed by atoms with van der Waals surface area (Å²) in [4.78, 5) is 14.0. The van der Waals surface area contributed by atoms with E-state index < -0.39 is 6.43 Å². The monoisotopic (exact) mass is 416 g/mol. The quantitative estimate of drug-likeness (QED) is 0.363. The molecule has 0 amide bonds. The minimum atomic E-state index is -2.72. The average Bonchev–Trinajstić information content (AvgIpc) is 3.17. The molecule has 0 saturated carbocycles. The summed E-state index contributed by atoms with van der Waals surface area (Å²) in [6.45, 7) is 2.48. The van der Waals surface area contributed by atoms with Crippen molar-refractivity contribution in [2.45, 2.75) is 31.9 Å². The number of aromatic amines is 1. The molecule has 1 fully saturated rings. The highest BCUT2D eigenvalue weighted by molar-refractivity contribution is 6.04. The second kappa shape index (κ2) is 9.59. The van der Waals surface area contributed by atoms with Crippen LogP contribution in [0.1, 0.15) is 41.7 Å². The zero-order valence-corrected chi connectivity index (χ0v) is 16.5. The molecule has 2 heterocycles. The highest BCUT2D eigenvalue weighted by Crippen LogP contribution is 2.27. The zero-order valence-electron chi connectivity index (χ0n) is 16.5. The number of H-pyrrole nitrogens is 1. The topological polar surface area (TPSA) is 146 Å². The Balaban J connectivity index is 1.95. The molecule has 0 atom stereocenters. The van der Waals surface area contributed by atoms with Gasteiger partial charge in [0.15, 0.2) is 5.84 Å². The lowest BCUT2D eigenvalue weighted by Gasteiger charge is -2.30. The molecular formula is C20H26F2N8. The number of rotatable bonds is 6. The first-order valence-electron chi connectivity index (χ1n) is 9.62. The van der Waals surface area contributed by atoms with E-state index in [0.29, 0.717) is 12.2 Å². The highest BCUT2D eigenvalue weighted by Gasteiger charge is 2.19. The molecule has 0 aliphatic carbocycles. The maximum Gasteiger partial charge on any atom is 0.263 e. The van der Waals surface area contributed by atoms with E-state index in [1.807, 2.05) is 6.07 Å². The number of halogens is 2. The number of nitrogens with one attached hydrogen (secondary N) is 2. The van der Waals surface area contributed by atoms with Crippen molar-refractivity contribution >= 4 is 23.7 Å². The average molecular weight is 416 g/mol. The van der Waals surface area contributed by atoms with Crippen LogP contribution in [0.4, 0.5) is 14.5 Å². The van der Waals surface area contributed by atoms with Gasteiger partial charge in [-0.3, -0.25) is 10.3 Å². The van der Waals surface area contributed by atoms with Gasteiger partial charge in [0.2, 0.25) is 0 Å². The minimum absolute atomic E-state index is 0.166. The third-order valence-corrected chi connectivity index (χ3v) is 5.02. The van der Waals surface area contributed by atoms with Crippen molar-refractivity contribution in [3.05, 3.63) is 52.8 Å². The van der Waals surface area contributed by atoms with Crippen LogP contribution in [0, 0.1) is 5.41 Å². The van der Waals surface area contributed by atoms with E-state index in [1.54, 1.807) is 6.20 Å². The van der Waals surface area contributed by atoms with Crippen LogP contribution in [0.15, 0.2) is 40.4 Å². The van der Waals surface area contributed by atoms with E-state index >= 15 is 0 Å². The highest BCUT2D eigenvalue weighted by atomic mass is 19.3. The summed E-state index contributed by atoms with van der Waals surface area (Å²) in [6.07, 6.45) is 2.04. The van der Waals surface area contributed by atoms with Gasteiger partial charge in [-0.2, -0.15) is 0 Å². The number of likely N-dealkylation sites (tertiary alicyclic amines) is 1. The smallest absolute Gasteiger partial charge is 0.263 e. The SMILES string of the molecule is N=C(N)c1cc(N=C(N=CN)c2[nH]ccc2CN2CCC(N)CC2)cc(C(F)F)c1. The lowest BCUT2D eigenvalue weighted by atomic mass is 10.1. The molecule has 1 aromatic carbocycles. The first-order valence-corrected chi connectivity index (χ1v) is 9.62. The van der Waals surface area contributed by atoms with Crippen LogP contribution in [0.2, 0.25) is 0 Å². The van der Waals surface area contributed by atoms with Crippen LogP contribution >= 0.6 is 0 Å². The van der Waals surface area contributed by atoms with Gasteiger partial charge >= 0.3 is 0 Å². The van der Waals surface area contributed by atoms with E-state index in [-0.39, 0.29) is 34.5 Å². The summed E-state index contributed by atoms with van der Waals surface area (Å²) in [5.74, 6) is -0.0613. The maximum absolute atomic E-state index is 13.3. The molecule has 0 spiro atoms. The fourth-order valence-corrected chi connectivity index (χ4v) is 3.42. The van der Waals surface area contributed by atoms with Gasteiger partial charge in [0, 0.05) is 29.9 Å². The number of hydrogen-bond donors (Lipinski definition) is 5. The Kier molecular flexibility index (Phi) is 6.91. The molecular weight excluding hydrogens is 390 g/mol. The molecule has 10 heteroatoms.